The minimum absolute atomic E-state index is 0.0208. The van der Waals surface area contributed by atoms with Gasteiger partial charge in [-0.25, -0.2) is 4.39 Å². The van der Waals surface area contributed by atoms with Crippen LogP contribution in [-0.2, 0) is 4.79 Å². The second kappa shape index (κ2) is 6.40. The number of halogens is 2. The minimum atomic E-state index is -1.24. The van der Waals surface area contributed by atoms with E-state index < -0.39 is 40.3 Å². The van der Waals surface area contributed by atoms with E-state index >= 15 is 0 Å². The van der Waals surface area contributed by atoms with Crippen molar-refractivity contribution in [2.75, 3.05) is 0 Å². The number of aliphatic carboxylic acids is 1. The lowest BCUT2D eigenvalue weighted by molar-refractivity contribution is -0.139. The summed E-state index contributed by atoms with van der Waals surface area (Å²) in [5.41, 5.74) is 4.44. The van der Waals surface area contributed by atoms with Gasteiger partial charge in [0.15, 0.2) is 0 Å². The maximum Gasteiger partial charge on any atom is 0.320 e. The number of imide groups is 1. The predicted molar refractivity (Wildman–Crippen MR) is 68.5 cm³/mol. The Balaban J connectivity index is 0.000000240. The first-order valence-corrected chi connectivity index (χ1v) is 6.00. The molecule has 0 saturated carbocycles. The second-order valence-corrected chi connectivity index (χ2v) is 4.66. The van der Waals surface area contributed by atoms with E-state index in [0.717, 1.165) is 6.07 Å². The monoisotopic (exact) mass is 300 g/mol. The van der Waals surface area contributed by atoms with Crippen LogP contribution in [0.2, 0.25) is 0 Å². The topological polar surface area (TPSA) is 101 Å². The number of hydrogen-bond donors (Lipinski definition) is 2. The fourth-order valence-electron chi connectivity index (χ4n) is 1.50. The van der Waals surface area contributed by atoms with Gasteiger partial charge in [0.05, 0.1) is 11.1 Å². The highest BCUT2D eigenvalue weighted by Crippen LogP contribution is 2.24. The zero-order valence-electron chi connectivity index (χ0n) is 11.3. The van der Waals surface area contributed by atoms with E-state index in [0.29, 0.717) is 0 Å². The van der Waals surface area contributed by atoms with Crippen molar-refractivity contribution in [3.05, 3.63) is 35.1 Å². The number of carboxylic acid groups (broad SMARTS) is 1. The lowest BCUT2D eigenvalue weighted by Gasteiger charge is -2.07. The van der Waals surface area contributed by atoms with E-state index in [1.807, 2.05) is 0 Å². The summed E-state index contributed by atoms with van der Waals surface area (Å²) in [6, 6.07) is 2.75. The summed E-state index contributed by atoms with van der Waals surface area (Å²) in [6.07, 6.45) is 0. The highest BCUT2D eigenvalue weighted by Gasteiger charge is 2.38. The minimum Gasteiger partial charge on any atom is -0.480 e. The molecule has 1 aromatic carbocycles. The Morgan fingerprint density at radius 3 is 2.24 bits per heavy atom. The van der Waals surface area contributed by atoms with Gasteiger partial charge in [0, 0.05) is 0 Å². The van der Waals surface area contributed by atoms with Gasteiger partial charge in [-0.05, 0) is 18.1 Å². The Kier molecular flexibility index (Phi) is 5.09. The number of rotatable bonds is 2. The van der Waals surface area contributed by atoms with Crippen molar-refractivity contribution in [2.45, 2.75) is 19.9 Å². The SMILES string of the molecule is CC(C)[C@H](N)C(=O)O.O=C1c2cccc(F)c2C(=O)N1F. The fraction of sp³-hybridized carbons (Fsp3) is 0.308. The van der Waals surface area contributed by atoms with Crippen molar-refractivity contribution in [1.82, 2.24) is 5.12 Å². The van der Waals surface area contributed by atoms with Crippen LogP contribution >= 0.6 is 0 Å². The van der Waals surface area contributed by atoms with Gasteiger partial charge in [0.2, 0.25) is 0 Å². The number of carboxylic acids is 1. The van der Waals surface area contributed by atoms with Crippen molar-refractivity contribution in [3.8, 4) is 0 Å². The third kappa shape index (κ3) is 3.40. The number of carbonyl (C=O) groups excluding carboxylic acids is 2. The first-order chi connectivity index (χ1) is 9.68. The van der Waals surface area contributed by atoms with Crippen molar-refractivity contribution in [3.63, 3.8) is 0 Å². The third-order valence-corrected chi connectivity index (χ3v) is 2.82. The second-order valence-electron chi connectivity index (χ2n) is 4.66. The zero-order chi connectivity index (χ0) is 16.3. The molecular formula is C13H14F2N2O4. The maximum atomic E-state index is 12.9. The number of nitrogens with zero attached hydrogens (tertiary/aromatic N) is 1. The molecule has 3 N–H and O–H groups in total. The molecule has 0 spiro atoms. The Bertz CT molecular complexity index is 590. The summed E-state index contributed by atoms with van der Waals surface area (Å²) in [5.74, 6) is -4.14. The summed E-state index contributed by atoms with van der Waals surface area (Å²) in [4.78, 5) is 31.9. The van der Waals surface area contributed by atoms with E-state index in [1.165, 1.54) is 12.1 Å². The van der Waals surface area contributed by atoms with E-state index in [-0.39, 0.29) is 11.5 Å². The molecule has 8 heteroatoms. The number of amides is 2. The van der Waals surface area contributed by atoms with E-state index in [2.05, 4.69) is 0 Å². The molecule has 6 nitrogen and oxygen atoms in total. The molecular weight excluding hydrogens is 286 g/mol. The van der Waals surface area contributed by atoms with Gasteiger partial charge < -0.3 is 10.8 Å². The van der Waals surface area contributed by atoms with Crippen LogP contribution in [0.1, 0.15) is 34.6 Å². The largest absolute Gasteiger partial charge is 0.480 e. The summed E-state index contributed by atoms with van der Waals surface area (Å²) in [7, 11) is 0. The van der Waals surface area contributed by atoms with Crippen molar-refractivity contribution >= 4 is 17.8 Å². The van der Waals surface area contributed by atoms with Crippen molar-refractivity contribution in [2.24, 2.45) is 11.7 Å². The van der Waals surface area contributed by atoms with Crippen LogP contribution in [0.3, 0.4) is 0 Å². The summed E-state index contributed by atoms with van der Waals surface area (Å²) in [6.45, 7) is 3.55. The van der Waals surface area contributed by atoms with Crippen molar-refractivity contribution in [1.29, 1.82) is 0 Å². The number of carbonyl (C=O) groups is 3. The van der Waals surface area contributed by atoms with Crippen LogP contribution in [0, 0.1) is 11.7 Å². The molecule has 21 heavy (non-hydrogen) atoms. The fourth-order valence-corrected chi connectivity index (χ4v) is 1.50. The molecule has 1 aliphatic rings. The molecule has 0 unspecified atom stereocenters. The summed E-state index contributed by atoms with van der Waals surface area (Å²) < 4.78 is 25.6. The van der Waals surface area contributed by atoms with Gasteiger partial charge in [0.1, 0.15) is 11.9 Å². The molecule has 1 aromatic rings. The van der Waals surface area contributed by atoms with Crippen LogP contribution in [0.4, 0.5) is 8.87 Å². The van der Waals surface area contributed by atoms with E-state index in [1.54, 1.807) is 13.8 Å². The lowest BCUT2D eigenvalue weighted by Crippen LogP contribution is -2.34. The lowest BCUT2D eigenvalue weighted by atomic mass is 10.1. The average molecular weight is 300 g/mol. The summed E-state index contributed by atoms with van der Waals surface area (Å²) >= 11 is 0. The molecule has 2 amide bonds. The molecule has 0 aromatic heterocycles. The Hall–Kier alpha value is -2.35. The average Bonchev–Trinajstić information content (AvgIpc) is 2.64. The molecule has 1 heterocycles. The van der Waals surface area contributed by atoms with Gasteiger partial charge in [-0.2, -0.15) is 0 Å². The van der Waals surface area contributed by atoms with Crippen LogP contribution in [-0.4, -0.2) is 34.1 Å². The van der Waals surface area contributed by atoms with Crippen LogP contribution in [0.15, 0.2) is 18.2 Å². The first-order valence-electron chi connectivity index (χ1n) is 6.00. The first kappa shape index (κ1) is 16.7. The van der Waals surface area contributed by atoms with Crippen LogP contribution in [0.5, 0.6) is 0 Å². The molecule has 0 bridgehead atoms. The molecule has 2 rings (SSSR count). The number of benzene rings is 1. The molecule has 0 fully saturated rings. The molecule has 1 aliphatic heterocycles. The molecule has 0 aliphatic carbocycles. The van der Waals surface area contributed by atoms with Gasteiger partial charge in [0.25, 0.3) is 11.8 Å². The standard InChI is InChI=1S/C8H3F2NO2.C5H11NO2/c9-5-3-1-2-4-6(5)8(13)11(10)7(4)12;1-3(2)4(6)5(7)8/h1-3H;3-4H,6H2,1-2H3,(H,7,8)/t;4-/m.0/s1. The normalized spacial score (nSPS) is 14.7. The third-order valence-electron chi connectivity index (χ3n) is 2.82. The van der Waals surface area contributed by atoms with Gasteiger partial charge in [-0.3, -0.25) is 14.4 Å². The number of nitrogens with two attached hydrogens (primary N) is 1. The summed E-state index contributed by atoms with van der Waals surface area (Å²) in [5, 5.41) is 7.64. The number of hydrogen-bond acceptors (Lipinski definition) is 4. The van der Waals surface area contributed by atoms with Gasteiger partial charge in [-0.1, -0.05) is 24.4 Å². The predicted octanol–water partition coefficient (Wildman–Crippen LogP) is 1.36. The van der Waals surface area contributed by atoms with Crippen molar-refractivity contribution < 1.29 is 28.4 Å². The quantitative estimate of drug-likeness (QED) is 0.634. The zero-order valence-corrected chi connectivity index (χ0v) is 11.3. The van der Waals surface area contributed by atoms with Gasteiger partial charge >= 0.3 is 5.97 Å². The van der Waals surface area contributed by atoms with E-state index in [4.69, 9.17) is 10.8 Å². The molecule has 114 valence electrons. The van der Waals surface area contributed by atoms with Crippen LogP contribution in [0.25, 0.3) is 0 Å². The Morgan fingerprint density at radius 1 is 1.29 bits per heavy atom. The molecule has 0 saturated heterocycles. The van der Waals surface area contributed by atoms with Gasteiger partial charge in [-0.15, -0.1) is 5.12 Å². The van der Waals surface area contributed by atoms with Crippen LogP contribution < -0.4 is 5.73 Å². The Labute approximate surface area is 119 Å². The maximum absolute atomic E-state index is 12.9. The highest BCUT2D eigenvalue weighted by molar-refractivity contribution is 6.20. The number of fused-ring (bicyclic) bond motifs is 1. The molecule has 0 radical (unpaired) electrons. The van der Waals surface area contributed by atoms with E-state index in [9.17, 15) is 23.3 Å². The Morgan fingerprint density at radius 2 is 1.86 bits per heavy atom. The highest BCUT2D eigenvalue weighted by atomic mass is 19.2. The smallest absolute Gasteiger partial charge is 0.320 e. The molecule has 1 atom stereocenters.